The first-order valence-electron chi connectivity index (χ1n) is 8.92. The molecule has 0 spiro atoms. The Morgan fingerprint density at radius 2 is 2.11 bits per heavy atom. The number of nitrogens with zero attached hydrogens (tertiary/aromatic N) is 3. The Kier molecular flexibility index (Phi) is 5.11. The van der Waals surface area contributed by atoms with E-state index in [1.54, 1.807) is 31.4 Å². The maximum Gasteiger partial charge on any atom is 0.257 e. The van der Waals surface area contributed by atoms with Crippen molar-refractivity contribution in [2.24, 2.45) is 0 Å². The molecule has 6 nitrogen and oxygen atoms in total. The number of fused-ring (bicyclic) bond motifs is 3. The van der Waals surface area contributed by atoms with E-state index in [0.29, 0.717) is 16.3 Å². The molecule has 0 saturated heterocycles. The SMILES string of the molecule is COCCN1CCn2c(nc3cc(NC(=O)c4ccccc4Cl)ccc32)C1. The van der Waals surface area contributed by atoms with E-state index >= 15 is 0 Å². The zero-order valence-corrected chi connectivity index (χ0v) is 15.9. The van der Waals surface area contributed by atoms with Gasteiger partial charge in [0.15, 0.2) is 0 Å². The summed E-state index contributed by atoms with van der Waals surface area (Å²) in [6.45, 7) is 4.31. The van der Waals surface area contributed by atoms with E-state index in [2.05, 4.69) is 14.8 Å². The summed E-state index contributed by atoms with van der Waals surface area (Å²) >= 11 is 6.11. The Morgan fingerprint density at radius 1 is 1.26 bits per heavy atom. The number of halogens is 1. The number of imidazole rings is 1. The third kappa shape index (κ3) is 3.69. The van der Waals surface area contributed by atoms with Crippen molar-refractivity contribution in [3.63, 3.8) is 0 Å². The minimum Gasteiger partial charge on any atom is -0.383 e. The van der Waals surface area contributed by atoms with Crippen LogP contribution in [0.1, 0.15) is 16.2 Å². The highest BCUT2D eigenvalue weighted by molar-refractivity contribution is 6.34. The number of hydrogen-bond acceptors (Lipinski definition) is 4. The molecule has 4 rings (SSSR count). The molecule has 0 saturated carbocycles. The van der Waals surface area contributed by atoms with Gasteiger partial charge in [-0.1, -0.05) is 23.7 Å². The number of carbonyl (C=O) groups is 1. The number of hydrogen-bond donors (Lipinski definition) is 1. The van der Waals surface area contributed by atoms with Crippen molar-refractivity contribution in [1.29, 1.82) is 0 Å². The molecule has 1 aliphatic rings. The number of aromatic nitrogens is 2. The van der Waals surface area contributed by atoms with Gasteiger partial charge in [-0.15, -0.1) is 0 Å². The van der Waals surface area contributed by atoms with Crippen LogP contribution in [0, 0.1) is 0 Å². The molecule has 7 heteroatoms. The van der Waals surface area contributed by atoms with Crippen molar-refractivity contribution >= 4 is 34.2 Å². The third-order valence-electron chi connectivity index (χ3n) is 4.82. The Morgan fingerprint density at radius 3 is 2.93 bits per heavy atom. The predicted octanol–water partition coefficient (Wildman–Crippen LogP) is 3.40. The van der Waals surface area contributed by atoms with Gasteiger partial charge in [0.2, 0.25) is 0 Å². The highest BCUT2D eigenvalue weighted by Crippen LogP contribution is 2.24. The van der Waals surface area contributed by atoms with E-state index in [9.17, 15) is 4.79 Å². The van der Waals surface area contributed by atoms with Crippen molar-refractivity contribution in [3.8, 4) is 0 Å². The van der Waals surface area contributed by atoms with Crippen LogP contribution in [0.2, 0.25) is 5.02 Å². The highest BCUT2D eigenvalue weighted by Gasteiger charge is 2.20. The molecule has 0 fully saturated rings. The molecule has 1 amide bonds. The number of benzene rings is 2. The molecule has 0 radical (unpaired) electrons. The van der Waals surface area contributed by atoms with Crippen molar-refractivity contribution in [3.05, 3.63) is 58.9 Å². The summed E-state index contributed by atoms with van der Waals surface area (Å²) in [5.74, 6) is 0.816. The van der Waals surface area contributed by atoms with Gasteiger partial charge in [-0.3, -0.25) is 9.69 Å². The molecular weight excluding hydrogens is 364 g/mol. The molecule has 1 aromatic heterocycles. The van der Waals surface area contributed by atoms with Crippen LogP contribution in [-0.4, -0.2) is 47.2 Å². The van der Waals surface area contributed by atoms with E-state index in [-0.39, 0.29) is 5.91 Å². The fourth-order valence-corrected chi connectivity index (χ4v) is 3.62. The molecule has 0 atom stereocenters. The van der Waals surface area contributed by atoms with Crippen LogP contribution < -0.4 is 5.32 Å². The molecule has 2 heterocycles. The Bertz CT molecular complexity index is 985. The zero-order chi connectivity index (χ0) is 18.8. The number of carbonyl (C=O) groups excluding carboxylic acids is 1. The van der Waals surface area contributed by atoms with Gasteiger partial charge in [-0.25, -0.2) is 4.98 Å². The fourth-order valence-electron chi connectivity index (χ4n) is 3.40. The van der Waals surface area contributed by atoms with Gasteiger partial charge in [0, 0.05) is 32.4 Å². The second kappa shape index (κ2) is 7.68. The fraction of sp³-hybridized carbons (Fsp3) is 0.300. The molecule has 2 aromatic carbocycles. The molecule has 1 N–H and O–H groups in total. The molecule has 0 aliphatic carbocycles. The zero-order valence-electron chi connectivity index (χ0n) is 15.1. The first kappa shape index (κ1) is 18.0. The normalized spacial score (nSPS) is 14.3. The van der Waals surface area contributed by atoms with E-state index in [0.717, 1.165) is 49.6 Å². The molecule has 0 unspecified atom stereocenters. The average Bonchev–Trinajstić information content (AvgIpc) is 3.03. The second-order valence-electron chi connectivity index (χ2n) is 6.59. The van der Waals surface area contributed by atoms with E-state index < -0.39 is 0 Å². The summed E-state index contributed by atoms with van der Waals surface area (Å²) < 4.78 is 7.42. The largest absolute Gasteiger partial charge is 0.383 e. The van der Waals surface area contributed by atoms with E-state index in [1.165, 1.54) is 0 Å². The van der Waals surface area contributed by atoms with Gasteiger partial charge in [0.25, 0.3) is 5.91 Å². The van der Waals surface area contributed by atoms with E-state index in [1.807, 2.05) is 18.2 Å². The quantitative estimate of drug-likeness (QED) is 0.732. The van der Waals surface area contributed by atoms with Crippen LogP contribution in [0.4, 0.5) is 5.69 Å². The minimum atomic E-state index is -0.227. The summed E-state index contributed by atoms with van der Waals surface area (Å²) in [6, 6.07) is 12.8. The van der Waals surface area contributed by atoms with Crippen molar-refractivity contribution in [2.45, 2.75) is 13.1 Å². The Labute approximate surface area is 162 Å². The van der Waals surface area contributed by atoms with Crippen molar-refractivity contribution < 1.29 is 9.53 Å². The molecule has 27 heavy (non-hydrogen) atoms. The van der Waals surface area contributed by atoms with Gasteiger partial charge in [-0.2, -0.15) is 0 Å². The summed E-state index contributed by atoms with van der Waals surface area (Å²) in [5.41, 5.74) is 3.14. The van der Waals surface area contributed by atoms with Gasteiger partial charge in [-0.05, 0) is 30.3 Å². The molecular formula is C20H21ClN4O2. The predicted molar refractivity (Wildman–Crippen MR) is 106 cm³/mol. The molecule has 1 aliphatic heterocycles. The second-order valence-corrected chi connectivity index (χ2v) is 6.99. The van der Waals surface area contributed by atoms with Crippen LogP contribution in [-0.2, 0) is 17.8 Å². The summed E-state index contributed by atoms with van der Waals surface area (Å²) in [5, 5.41) is 3.34. The lowest BCUT2D eigenvalue weighted by Crippen LogP contribution is -2.35. The minimum absolute atomic E-state index is 0.227. The van der Waals surface area contributed by atoms with Crippen molar-refractivity contribution in [2.75, 3.05) is 32.1 Å². The van der Waals surface area contributed by atoms with Gasteiger partial charge in [0.05, 0.1) is 34.8 Å². The molecule has 0 bridgehead atoms. The van der Waals surface area contributed by atoms with Crippen LogP contribution >= 0.6 is 11.6 Å². The summed E-state index contributed by atoms with van der Waals surface area (Å²) in [7, 11) is 1.72. The first-order chi connectivity index (χ1) is 13.2. The summed E-state index contributed by atoms with van der Waals surface area (Å²) in [4.78, 5) is 19.6. The van der Waals surface area contributed by atoms with Gasteiger partial charge < -0.3 is 14.6 Å². The topological polar surface area (TPSA) is 59.4 Å². The number of amides is 1. The van der Waals surface area contributed by atoms with Crippen LogP contribution in [0.3, 0.4) is 0 Å². The Balaban J connectivity index is 1.55. The maximum absolute atomic E-state index is 12.5. The van der Waals surface area contributed by atoms with Gasteiger partial charge in [0.1, 0.15) is 5.82 Å². The molecule has 3 aromatic rings. The Hall–Kier alpha value is -2.41. The first-order valence-corrected chi connectivity index (χ1v) is 9.30. The smallest absolute Gasteiger partial charge is 0.257 e. The lowest BCUT2D eigenvalue weighted by molar-refractivity contribution is 0.102. The van der Waals surface area contributed by atoms with Crippen molar-refractivity contribution in [1.82, 2.24) is 14.5 Å². The van der Waals surface area contributed by atoms with E-state index in [4.69, 9.17) is 21.3 Å². The average molecular weight is 385 g/mol. The van der Waals surface area contributed by atoms with Crippen LogP contribution in [0.25, 0.3) is 11.0 Å². The van der Waals surface area contributed by atoms with Gasteiger partial charge >= 0.3 is 0 Å². The maximum atomic E-state index is 12.5. The van der Waals surface area contributed by atoms with Crippen LogP contribution in [0.15, 0.2) is 42.5 Å². The molecule has 140 valence electrons. The number of methoxy groups -OCH3 is 1. The lowest BCUT2D eigenvalue weighted by atomic mass is 10.2. The number of anilines is 1. The third-order valence-corrected chi connectivity index (χ3v) is 5.15. The lowest BCUT2D eigenvalue weighted by Gasteiger charge is -2.27. The number of nitrogens with one attached hydrogen (secondary N) is 1. The van der Waals surface area contributed by atoms with Crippen LogP contribution in [0.5, 0.6) is 0 Å². The standard InChI is InChI=1S/C20H21ClN4O2/c1-27-11-10-24-8-9-25-18-7-6-14(12-17(18)23-19(25)13-24)22-20(26)15-4-2-3-5-16(15)21/h2-7,12H,8-11,13H2,1H3,(H,22,26). The summed E-state index contributed by atoms with van der Waals surface area (Å²) in [6.07, 6.45) is 0. The number of ether oxygens (including phenoxy) is 1. The monoisotopic (exact) mass is 384 g/mol. The number of rotatable bonds is 5. The highest BCUT2D eigenvalue weighted by atomic mass is 35.5.